The summed E-state index contributed by atoms with van der Waals surface area (Å²) >= 11 is 0. The van der Waals surface area contributed by atoms with Gasteiger partial charge in [-0.05, 0) is 52.0 Å². The number of anilines is 2. The number of rotatable bonds is 3. The monoisotopic (exact) mass is 366 g/mol. The van der Waals surface area contributed by atoms with Crippen LogP contribution in [0.4, 0.5) is 11.4 Å². The van der Waals surface area contributed by atoms with Crippen LogP contribution >= 0.6 is 0 Å². The first-order valence-electron chi connectivity index (χ1n) is 8.69. The number of esters is 1. The molecule has 0 bridgehead atoms. The van der Waals surface area contributed by atoms with E-state index in [1.165, 1.54) is 4.90 Å². The minimum absolute atomic E-state index is 0.296. The van der Waals surface area contributed by atoms with Crippen LogP contribution in [0.2, 0.25) is 0 Å². The van der Waals surface area contributed by atoms with E-state index in [1.807, 2.05) is 19.9 Å². The summed E-state index contributed by atoms with van der Waals surface area (Å²) in [5.74, 6) is -1.32. The van der Waals surface area contributed by atoms with E-state index in [-0.39, 0.29) is 5.91 Å². The Morgan fingerprint density at radius 3 is 2.37 bits per heavy atom. The maximum atomic E-state index is 12.9. The van der Waals surface area contributed by atoms with Crippen LogP contribution in [0, 0.1) is 13.8 Å². The highest BCUT2D eigenvalue weighted by atomic mass is 16.5. The van der Waals surface area contributed by atoms with Crippen molar-refractivity contribution in [3.05, 3.63) is 59.2 Å². The van der Waals surface area contributed by atoms with Crippen molar-refractivity contribution in [3.63, 3.8) is 0 Å². The van der Waals surface area contributed by atoms with E-state index in [9.17, 15) is 14.4 Å². The number of aryl methyl sites for hydroxylation is 2. The van der Waals surface area contributed by atoms with Crippen molar-refractivity contribution >= 4 is 29.2 Å². The second-order valence-corrected chi connectivity index (χ2v) is 7.21. The molecule has 0 spiro atoms. The van der Waals surface area contributed by atoms with Crippen molar-refractivity contribution in [2.24, 2.45) is 0 Å². The first kappa shape index (κ1) is 18.6. The molecule has 1 N–H and O–H groups in total. The summed E-state index contributed by atoms with van der Waals surface area (Å²) < 4.78 is 5.23. The molecule has 6 nitrogen and oxygen atoms in total. The minimum Gasteiger partial charge on any atom is -0.452 e. The van der Waals surface area contributed by atoms with E-state index in [2.05, 4.69) is 5.32 Å². The lowest BCUT2D eigenvalue weighted by molar-refractivity contribution is -0.128. The molecule has 1 aliphatic rings. The topological polar surface area (TPSA) is 75.7 Å². The van der Waals surface area contributed by atoms with Gasteiger partial charge in [0.25, 0.3) is 5.91 Å². The zero-order chi connectivity index (χ0) is 19.8. The quantitative estimate of drug-likeness (QED) is 0.847. The van der Waals surface area contributed by atoms with Gasteiger partial charge in [0, 0.05) is 0 Å². The minimum atomic E-state index is -1.10. The molecule has 2 amide bonds. The SMILES string of the molecule is Cc1cc(C)cc(C(=O)OCC(=O)N2c3ccccc3NC(=O)C2(C)C)c1. The molecule has 27 heavy (non-hydrogen) atoms. The molecule has 0 saturated carbocycles. The van der Waals surface area contributed by atoms with Crippen LogP contribution < -0.4 is 10.2 Å². The maximum absolute atomic E-state index is 12.9. The van der Waals surface area contributed by atoms with E-state index in [1.54, 1.807) is 50.2 Å². The van der Waals surface area contributed by atoms with Crippen LogP contribution in [0.5, 0.6) is 0 Å². The highest BCUT2D eigenvalue weighted by Crippen LogP contribution is 2.36. The Morgan fingerprint density at radius 1 is 1.07 bits per heavy atom. The van der Waals surface area contributed by atoms with Gasteiger partial charge in [-0.3, -0.25) is 14.5 Å². The van der Waals surface area contributed by atoms with Crippen LogP contribution in [0.1, 0.15) is 35.3 Å². The van der Waals surface area contributed by atoms with Crippen LogP contribution in [-0.4, -0.2) is 29.9 Å². The van der Waals surface area contributed by atoms with Crippen LogP contribution in [0.15, 0.2) is 42.5 Å². The second kappa shape index (κ2) is 6.87. The summed E-state index contributed by atoms with van der Waals surface area (Å²) in [7, 11) is 0. The molecule has 2 aromatic carbocycles. The van der Waals surface area contributed by atoms with Gasteiger partial charge in [-0.2, -0.15) is 0 Å². The van der Waals surface area contributed by atoms with Gasteiger partial charge in [-0.1, -0.05) is 29.3 Å². The van der Waals surface area contributed by atoms with Gasteiger partial charge in [-0.25, -0.2) is 4.79 Å². The lowest BCUT2D eigenvalue weighted by Gasteiger charge is -2.41. The van der Waals surface area contributed by atoms with Crippen molar-refractivity contribution in [1.29, 1.82) is 0 Å². The molecule has 1 aliphatic heterocycles. The van der Waals surface area contributed by atoms with Crippen molar-refractivity contribution in [1.82, 2.24) is 0 Å². The molecule has 3 rings (SSSR count). The number of amides is 2. The normalized spacial score (nSPS) is 15.0. The predicted octanol–water partition coefficient (Wildman–Crippen LogP) is 3.22. The molecular weight excluding hydrogens is 344 g/mol. The standard InChI is InChI=1S/C21H22N2O4/c1-13-9-14(2)11-15(10-13)19(25)27-12-18(24)23-17-8-6-5-7-16(17)22-20(26)21(23,3)4/h5-11H,12H2,1-4H3,(H,22,26). The lowest BCUT2D eigenvalue weighted by Crippen LogP contribution is -2.59. The largest absolute Gasteiger partial charge is 0.452 e. The number of fused-ring (bicyclic) bond motifs is 1. The molecule has 0 aliphatic carbocycles. The molecule has 140 valence electrons. The van der Waals surface area contributed by atoms with E-state index in [0.717, 1.165) is 11.1 Å². The fourth-order valence-electron chi connectivity index (χ4n) is 3.27. The Labute approximate surface area is 158 Å². The molecule has 0 aromatic heterocycles. The summed E-state index contributed by atoms with van der Waals surface area (Å²) in [6, 6.07) is 12.4. The first-order chi connectivity index (χ1) is 12.7. The third-order valence-electron chi connectivity index (χ3n) is 4.54. The molecule has 6 heteroatoms. The van der Waals surface area contributed by atoms with Crippen molar-refractivity contribution in [3.8, 4) is 0 Å². The van der Waals surface area contributed by atoms with Crippen molar-refractivity contribution in [2.45, 2.75) is 33.2 Å². The fraction of sp³-hybridized carbons (Fsp3) is 0.286. The number of ether oxygens (including phenoxy) is 1. The number of nitrogens with one attached hydrogen (secondary N) is 1. The average Bonchev–Trinajstić information content (AvgIpc) is 2.59. The van der Waals surface area contributed by atoms with Crippen molar-refractivity contribution < 1.29 is 19.1 Å². The lowest BCUT2D eigenvalue weighted by atomic mass is 9.96. The van der Waals surface area contributed by atoms with Gasteiger partial charge < -0.3 is 10.1 Å². The Bertz CT molecular complexity index is 913. The van der Waals surface area contributed by atoms with Gasteiger partial charge in [0.2, 0.25) is 5.91 Å². The van der Waals surface area contributed by atoms with Crippen LogP contribution in [0.25, 0.3) is 0 Å². The number of carbonyl (C=O) groups is 3. The predicted molar refractivity (Wildman–Crippen MR) is 103 cm³/mol. The van der Waals surface area contributed by atoms with E-state index >= 15 is 0 Å². The number of hydrogen-bond donors (Lipinski definition) is 1. The maximum Gasteiger partial charge on any atom is 0.338 e. The van der Waals surface area contributed by atoms with Gasteiger partial charge in [-0.15, -0.1) is 0 Å². The summed E-state index contributed by atoms with van der Waals surface area (Å²) in [5.41, 5.74) is 2.31. The number of nitrogens with zero attached hydrogens (tertiary/aromatic N) is 1. The molecule has 0 unspecified atom stereocenters. The third kappa shape index (κ3) is 3.56. The van der Waals surface area contributed by atoms with Crippen molar-refractivity contribution in [2.75, 3.05) is 16.8 Å². The summed E-state index contributed by atoms with van der Waals surface area (Å²) in [5, 5.41) is 2.80. The Balaban J connectivity index is 1.81. The Morgan fingerprint density at radius 2 is 1.70 bits per heavy atom. The number of carbonyl (C=O) groups excluding carboxylic acids is 3. The molecule has 0 saturated heterocycles. The molecular formula is C21H22N2O4. The Hall–Kier alpha value is -3.15. The molecule has 1 heterocycles. The summed E-state index contributed by atoms with van der Waals surface area (Å²) in [6.45, 7) is 6.64. The van der Waals surface area contributed by atoms with Gasteiger partial charge >= 0.3 is 5.97 Å². The van der Waals surface area contributed by atoms with Gasteiger partial charge in [0.15, 0.2) is 6.61 Å². The smallest absolute Gasteiger partial charge is 0.338 e. The molecule has 0 fully saturated rings. The zero-order valence-electron chi connectivity index (χ0n) is 15.8. The number of benzene rings is 2. The number of hydrogen-bond acceptors (Lipinski definition) is 4. The zero-order valence-corrected chi connectivity index (χ0v) is 15.8. The fourth-order valence-corrected chi connectivity index (χ4v) is 3.27. The molecule has 0 atom stereocenters. The van der Waals surface area contributed by atoms with Gasteiger partial charge in [0.05, 0.1) is 16.9 Å². The van der Waals surface area contributed by atoms with E-state index in [0.29, 0.717) is 16.9 Å². The number of para-hydroxylation sites is 2. The third-order valence-corrected chi connectivity index (χ3v) is 4.54. The molecule has 0 radical (unpaired) electrons. The first-order valence-corrected chi connectivity index (χ1v) is 8.69. The molecule has 2 aromatic rings. The highest BCUT2D eigenvalue weighted by molar-refractivity contribution is 6.14. The highest BCUT2D eigenvalue weighted by Gasteiger charge is 2.43. The van der Waals surface area contributed by atoms with Crippen LogP contribution in [0.3, 0.4) is 0 Å². The summed E-state index contributed by atoms with van der Waals surface area (Å²) in [4.78, 5) is 39.0. The summed E-state index contributed by atoms with van der Waals surface area (Å²) in [6.07, 6.45) is 0. The van der Waals surface area contributed by atoms with E-state index in [4.69, 9.17) is 4.74 Å². The second-order valence-electron chi connectivity index (χ2n) is 7.21. The van der Waals surface area contributed by atoms with Crippen LogP contribution in [-0.2, 0) is 14.3 Å². The average molecular weight is 366 g/mol. The van der Waals surface area contributed by atoms with E-state index < -0.39 is 24.0 Å². The Kier molecular flexibility index (Phi) is 4.74. The van der Waals surface area contributed by atoms with Gasteiger partial charge in [0.1, 0.15) is 5.54 Å².